The van der Waals surface area contributed by atoms with Crippen LogP contribution in [0.15, 0.2) is 24.3 Å². The van der Waals surface area contributed by atoms with E-state index in [0.29, 0.717) is 17.8 Å². The van der Waals surface area contributed by atoms with E-state index in [9.17, 15) is 5.11 Å². The van der Waals surface area contributed by atoms with Crippen molar-refractivity contribution >= 4 is 0 Å². The third-order valence-corrected chi connectivity index (χ3v) is 3.23. The second kappa shape index (κ2) is 1.37. The van der Waals surface area contributed by atoms with Gasteiger partial charge in [-0.2, -0.15) is 0 Å². The minimum Gasteiger partial charge on any atom is -0.392 e. The first-order chi connectivity index (χ1) is 4.88. The Balaban J connectivity index is 2.06. The predicted molar refractivity (Wildman–Crippen MR) is 38.2 cm³/mol. The minimum atomic E-state index is -0.0648. The first-order valence-corrected chi connectivity index (χ1v) is 3.92. The molecule has 1 nitrogen and oxygen atoms in total. The largest absolute Gasteiger partial charge is 0.392 e. The summed E-state index contributed by atoms with van der Waals surface area (Å²) < 4.78 is 0. The second-order valence-corrected chi connectivity index (χ2v) is 3.57. The highest BCUT2D eigenvalue weighted by Gasteiger charge is 2.54. The summed E-state index contributed by atoms with van der Waals surface area (Å²) in [5, 5.41) is 9.50. The topological polar surface area (TPSA) is 20.2 Å². The van der Waals surface area contributed by atoms with Gasteiger partial charge in [-0.3, -0.25) is 0 Å². The van der Waals surface area contributed by atoms with Crippen LogP contribution in [0.5, 0.6) is 0 Å². The summed E-state index contributed by atoms with van der Waals surface area (Å²) in [6.45, 7) is 0. The molecule has 0 amide bonds. The normalized spacial score (nSPS) is 60.7. The number of hydrogen-bond donors (Lipinski definition) is 1. The quantitative estimate of drug-likeness (QED) is 0.489. The Kier molecular flexibility index (Phi) is 0.706. The predicted octanol–water partition coefficient (Wildman–Crippen LogP) is 0.965. The molecule has 3 unspecified atom stereocenters. The maximum Gasteiger partial charge on any atom is 0.0671 e. The summed E-state index contributed by atoms with van der Waals surface area (Å²) in [4.78, 5) is 0. The van der Waals surface area contributed by atoms with E-state index in [1.165, 1.54) is 0 Å². The van der Waals surface area contributed by atoms with Crippen LogP contribution in [-0.2, 0) is 0 Å². The molecule has 0 spiro atoms. The summed E-state index contributed by atoms with van der Waals surface area (Å²) in [6.07, 6.45) is 8.77. The molecule has 3 rings (SSSR count). The highest BCUT2D eigenvalue weighted by Crippen LogP contribution is 2.55. The fraction of sp³-hybridized carbons (Fsp3) is 0.556. The standard InChI is InChI=1S/C9H10O/c10-9-6-3-1-5-2-4-7(9)8(5)6/h1-10H/t5?,6-,7+,8?,9?. The first kappa shape index (κ1) is 5.14. The summed E-state index contributed by atoms with van der Waals surface area (Å²) in [6, 6.07) is 0. The molecular weight excluding hydrogens is 124 g/mol. The Morgan fingerprint density at radius 1 is 0.900 bits per heavy atom. The van der Waals surface area contributed by atoms with Gasteiger partial charge in [-0.1, -0.05) is 24.3 Å². The molecule has 0 heterocycles. The molecule has 10 heavy (non-hydrogen) atoms. The molecule has 0 aromatic heterocycles. The Morgan fingerprint density at radius 3 is 2.10 bits per heavy atom. The molecule has 0 aliphatic heterocycles. The van der Waals surface area contributed by atoms with Gasteiger partial charge in [0.1, 0.15) is 0 Å². The lowest BCUT2D eigenvalue weighted by Crippen LogP contribution is -2.47. The Morgan fingerprint density at radius 2 is 1.50 bits per heavy atom. The maximum absolute atomic E-state index is 9.50. The zero-order chi connectivity index (χ0) is 6.72. The fourth-order valence-electron chi connectivity index (χ4n) is 2.65. The van der Waals surface area contributed by atoms with Gasteiger partial charge in [0, 0.05) is 11.8 Å². The molecule has 3 aliphatic rings. The average molecular weight is 134 g/mol. The van der Waals surface area contributed by atoms with Crippen molar-refractivity contribution in [1.29, 1.82) is 0 Å². The van der Waals surface area contributed by atoms with Crippen molar-refractivity contribution in [2.45, 2.75) is 6.10 Å². The van der Waals surface area contributed by atoms with Crippen LogP contribution in [0.2, 0.25) is 0 Å². The molecule has 1 heteroatoms. The van der Waals surface area contributed by atoms with Crippen LogP contribution >= 0.6 is 0 Å². The molecule has 52 valence electrons. The molecule has 0 aromatic carbocycles. The lowest BCUT2D eigenvalue weighted by atomic mass is 9.64. The van der Waals surface area contributed by atoms with Gasteiger partial charge < -0.3 is 5.11 Å². The van der Waals surface area contributed by atoms with Gasteiger partial charge in [-0.15, -0.1) is 0 Å². The van der Waals surface area contributed by atoms with Crippen LogP contribution < -0.4 is 0 Å². The summed E-state index contributed by atoms with van der Waals surface area (Å²) in [5.41, 5.74) is 0. The molecule has 1 saturated carbocycles. The molecule has 1 N–H and O–H groups in total. The van der Waals surface area contributed by atoms with Crippen LogP contribution in [0.4, 0.5) is 0 Å². The second-order valence-electron chi connectivity index (χ2n) is 3.57. The van der Waals surface area contributed by atoms with E-state index >= 15 is 0 Å². The minimum absolute atomic E-state index is 0.0648. The smallest absolute Gasteiger partial charge is 0.0671 e. The number of aliphatic hydroxyl groups is 1. The van der Waals surface area contributed by atoms with E-state index in [4.69, 9.17) is 0 Å². The molecule has 5 atom stereocenters. The van der Waals surface area contributed by atoms with Crippen LogP contribution in [0.25, 0.3) is 0 Å². The van der Waals surface area contributed by atoms with Crippen molar-refractivity contribution in [3.63, 3.8) is 0 Å². The molecule has 0 bridgehead atoms. The van der Waals surface area contributed by atoms with Gasteiger partial charge >= 0.3 is 0 Å². The lowest BCUT2D eigenvalue weighted by Gasteiger charge is -2.43. The van der Waals surface area contributed by atoms with Gasteiger partial charge in [0.25, 0.3) is 0 Å². The fourth-order valence-corrected chi connectivity index (χ4v) is 2.65. The van der Waals surface area contributed by atoms with Crippen LogP contribution in [0.1, 0.15) is 0 Å². The van der Waals surface area contributed by atoms with E-state index in [-0.39, 0.29) is 6.10 Å². The summed E-state index contributed by atoms with van der Waals surface area (Å²) >= 11 is 0. The van der Waals surface area contributed by atoms with Gasteiger partial charge in [-0.05, 0) is 11.8 Å². The van der Waals surface area contributed by atoms with E-state index in [0.717, 1.165) is 5.92 Å². The van der Waals surface area contributed by atoms with Crippen molar-refractivity contribution in [2.24, 2.45) is 23.7 Å². The summed E-state index contributed by atoms with van der Waals surface area (Å²) in [7, 11) is 0. The van der Waals surface area contributed by atoms with Crippen molar-refractivity contribution in [2.75, 3.05) is 0 Å². The lowest BCUT2D eigenvalue weighted by molar-refractivity contribution is -0.0475. The van der Waals surface area contributed by atoms with Crippen molar-refractivity contribution in [3.8, 4) is 0 Å². The van der Waals surface area contributed by atoms with E-state index in [1.807, 2.05) is 0 Å². The van der Waals surface area contributed by atoms with Crippen molar-refractivity contribution in [3.05, 3.63) is 24.3 Å². The molecule has 3 aliphatic carbocycles. The third-order valence-electron chi connectivity index (χ3n) is 3.23. The average Bonchev–Trinajstić information content (AvgIpc) is 2.37. The van der Waals surface area contributed by atoms with Gasteiger partial charge in [0.15, 0.2) is 0 Å². The van der Waals surface area contributed by atoms with E-state index in [1.54, 1.807) is 0 Å². The third kappa shape index (κ3) is 0.356. The SMILES string of the molecule is OC1[C@H]2C=CC3C=C[C@@H]1C32. The first-order valence-electron chi connectivity index (χ1n) is 3.92. The number of allylic oxidation sites excluding steroid dienone is 2. The van der Waals surface area contributed by atoms with E-state index in [2.05, 4.69) is 24.3 Å². The van der Waals surface area contributed by atoms with Gasteiger partial charge in [0.05, 0.1) is 6.10 Å². The van der Waals surface area contributed by atoms with Crippen LogP contribution in [0.3, 0.4) is 0 Å². The monoisotopic (exact) mass is 134 g/mol. The highest BCUT2D eigenvalue weighted by molar-refractivity contribution is 5.30. The van der Waals surface area contributed by atoms with Crippen LogP contribution in [0, 0.1) is 23.7 Å². The molecular formula is C9H10O. The number of rotatable bonds is 0. The highest BCUT2D eigenvalue weighted by atomic mass is 16.3. The van der Waals surface area contributed by atoms with Crippen molar-refractivity contribution in [1.82, 2.24) is 0 Å². The van der Waals surface area contributed by atoms with Gasteiger partial charge in [0.2, 0.25) is 0 Å². The van der Waals surface area contributed by atoms with Gasteiger partial charge in [-0.25, -0.2) is 0 Å². The molecule has 1 fully saturated rings. The zero-order valence-corrected chi connectivity index (χ0v) is 5.64. The number of hydrogen-bond acceptors (Lipinski definition) is 1. The van der Waals surface area contributed by atoms with Crippen LogP contribution in [-0.4, -0.2) is 11.2 Å². The van der Waals surface area contributed by atoms with Crippen molar-refractivity contribution < 1.29 is 5.11 Å². The molecule has 0 radical (unpaired) electrons. The Hall–Kier alpha value is -0.560. The van der Waals surface area contributed by atoms with E-state index < -0.39 is 0 Å². The summed E-state index contributed by atoms with van der Waals surface area (Å²) in [5.74, 6) is 2.39. The Bertz CT molecular complexity index is 207. The zero-order valence-electron chi connectivity index (χ0n) is 5.64. The number of aliphatic hydroxyl groups excluding tert-OH is 1. The maximum atomic E-state index is 9.50. The Labute approximate surface area is 60.1 Å². The molecule has 0 aromatic rings. The molecule has 0 saturated heterocycles.